The van der Waals surface area contributed by atoms with E-state index in [0.717, 1.165) is 35.8 Å². The summed E-state index contributed by atoms with van der Waals surface area (Å²) in [6.07, 6.45) is 2.26. The molecule has 0 aliphatic rings. The molecule has 0 fully saturated rings. The zero-order valence-corrected chi connectivity index (χ0v) is 25.4. The molecule has 0 atom stereocenters. The van der Waals surface area contributed by atoms with Crippen LogP contribution in [0.3, 0.4) is 0 Å². The van der Waals surface area contributed by atoms with Gasteiger partial charge in [-0.1, -0.05) is 36.4 Å². The van der Waals surface area contributed by atoms with Gasteiger partial charge in [-0.2, -0.15) is 0 Å². The molecule has 0 saturated carbocycles. The highest BCUT2D eigenvalue weighted by Crippen LogP contribution is 2.18. The van der Waals surface area contributed by atoms with Crippen molar-refractivity contribution in [2.24, 2.45) is 0 Å². The monoisotopic (exact) mass is 556 g/mol. The normalized spacial score (nSPS) is 10.4. The van der Waals surface area contributed by atoms with Crippen molar-refractivity contribution in [1.82, 2.24) is 0 Å². The summed E-state index contributed by atoms with van der Waals surface area (Å²) in [7, 11) is 3.27. The smallest absolute Gasteiger partial charge is 0.119 e. The summed E-state index contributed by atoms with van der Waals surface area (Å²) in [6.45, 7) is 10.7. The lowest BCUT2D eigenvalue weighted by atomic mass is 9.98. The zero-order chi connectivity index (χ0) is 29.5. The van der Waals surface area contributed by atoms with Crippen LogP contribution in [0, 0.1) is 27.7 Å². The highest BCUT2D eigenvalue weighted by atomic mass is 16.5. The molecule has 5 heteroatoms. The molecule has 0 aliphatic heterocycles. The Labute approximate surface area is 246 Å². The fraction of sp³-hybridized carbons (Fsp3) is 0.333. The minimum Gasteiger partial charge on any atom is -0.497 e. The number of ether oxygens (including phenoxy) is 5. The predicted molar refractivity (Wildman–Crippen MR) is 167 cm³/mol. The minimum atomic E-state index is 0.495. The molecular weight excluding hydrogens is 512 g/mol. The summed E-state index contributed by atoms with van der Waals surface area (Å²) in [5.74, 6) is 3.21. The van der Waals surface area contributed by atoms with Gasteiger partial charge >= 0.3 is 0 Å². The van der Waals surface area contributed by atoms with E-state index in [1.807, 2.05) is 48.5 Å². The van der Waals surface area contributed by atoms with Crippen LogP contribution in [0.5, 0.6) is 23.0 Å². The first kappa shape index (κ1) is 31.6. The van der Waals surface area contributed by atoms with Gasteiger partial charge in [0.05, 0.1) is 27.4 Å². The lowest BCUT2D eigenvalue weighted by Gasteiger charge is -2.09. The maximum atomic E-state index is 5.56. The number of aryl methyl sites for hydroxylation is 6. The Balaban J connectivity index is 0.000000232. The lowest BCUT2D eigenvalue weighted by molar-refractivity contribution is 0.0764. The van der Waals surface area contributed by atoms with E-state index in [2.05, 4.69) is 64.1 Å². The largest absolute Gasteiger partial charge is 0.497 e. The van der Waals surface area contributed by atoms with Gasteiger partial charge in [0.2, 0.25) is 0 Å². The van der Waals surface area contributed by atoms with Crippen LogP contribution in [0.2, 0.25) is 0 Å². The number of benzene rings is 4. The molecule has 0 aliphatic carbocycles. The second kappa shape index (κ2) is 17.0. The van der Waals surface area contributed by atoms with Gasteiger partial charge in [-0.05, 0) is 122 Å². The quantitative estimate of drug-likeness (QED) is 0.157. The van der Waals surface area contributed by atoms with E-state index in [-0.39, 0.29) is 0 Å². The Kier molecular flexibility index (Phi) is 13.1. The van der Waals surface area contributed by atoms with Gasteiger partial charge in [-0.3, -0.25) is 0 Å². The topological polar surface area (TPSA) is 46.2 Å². The highest BCUT2D eigenvalue weighted by Gasteiger charge is 2.01. The molecule has 41 heavy (non-hydrogen) atoms. The fourth-order valence-electron chi connectivity index (χ4n) is 4.09. The zero-order valence-electron chi connectivity index (χ0n) is 25.4. The average molecular weight is 557 g/mol. The van der Waals surface area contributed by atoms with Crippen molar-refractivity contribution in [2.75, 3.05) is 40.6 Å². The SMILES string of the molecule is COc1ccc(OCCOCCOc2ccc(OC)cc2)cc1.Cc1ccc(CCc2ccc(C)c(C)c2)cc1C. The maximum Gasteiger partial charge on any atom is 0.119 e. The van der Waals surface area contributed by atoms with Gasteiger partial charge in [0.15, 0.2) is 0 Å². The Bertz CT molecular complexity index is 1210. The lowest BCUT2D eigenvalue weighted by Crippen LogP contribution is -2.12. The maximum absolute atomic E-state index is 5.56. The van der Waals surface area contributed by atoms with Crippen LogP contribution in [0.4, 0.5) is 0 Å². The van der Waals surface area contributed by atoms with Gasteiger partial charge < -0.3 is 23.7 Å². The summed E-state index contributed by atoms with van der Waals surface area (Å²) in [4.78, 5) is 0. The number of methoxy groups -OCH3 is 2. The van der Waals surface area contributed by atoms with E-state index in [1.165, 1.54) is 33.4 Å². The summed E-state index contributed by atoms with van der Waals surface area (Å²) < 4.78 is 26.8. The standard InChI is InChI=1S/C18H22O5.C18H22/c1-19-15-3-7-17(8-4-15)22-13-11-21-12-14-23-18-9-5-16(20-2)6-10-18;1-13-5-7-17(11-15(13)3)9-10-18-8-6-14(2)16(4)12-18/h3-10H,11-14H2,1-2H3;5-8,11-12H,9-10H2,1-4H3. The van der Waals surface area contributed by atoms with Crippen molar-refractivity contribution in [3.8, 4) is 23.0 Å². The van der Waals surface area contributed by atoms with Crippen molar-refractivity contribution < 1.29 is 23.7 Å². The third-order valence-corrected chi connectivity index (χ3v) is 6.96. The third-order valence-electron chi connectivity index (χ3n) is 6.96. The van der Waals surface area contributed by atoms with Crippen molar-refractivity contribution >= 4 is 0 Å². The summed E-state index contributed by atoms with van der Waals surface area (Å²) in [6, 6.07) is 28.5. The number of hydrogen-bond donors (Lipinski definition) is 0. The second-order valence-corrected chi connectivity index (χ2v) is 10.00. The van der Waals surface area contributed by atoms with E-state index >= 15 is 0 Å². The third kappa shape index (κ3) is 11.2. The van der Waals surface area contributed by atoms with E-state index in [4.69, 9.17) is 23.7 Å². The van der Waals surface area contributed by atoms with Gasteiger partial charge in [-0.25, -0.2) is 0 Å². The summed E-state index contributed by atoms with van der Waals surface area (Å²) in [5.41, 5.74) is 8.43. The summed E-state index contributed by atoms with van der Waals surface area (Å²) >= 11 is 0. The molecule has 0 bridgehead atoms. The Morgan fingerprint density at radius 1 is 0.415 bits per heavy atom. The molecule has 0 aromatic heterocycles. The van der Waals surface area contributed by atoms with Crippen molar-refractivity contribution in [2.45, 2.75) is 40.5 Å². The van der Waals surface area contributed by atoms with Crippen LogP contribution < -0.4 is 18.9 Å². The van der Waals surface area contributed by atoms with Crippen LogP contribution in [0.25, 0.3) is 0 Å². The molecule has 4 rings (SSSR count). The molecule has 4 aromatic carbocycles. The first-order valence-electron chi connectivity index (χ1n) is 14.1. The molecule has 0 radical (unpaired) electrons. The molecule has 0 spiro atoms. The number of rotatable bonds is 13. The van der Waals surface area contributed by atoms with E-state index in [1.54, 1.807) is 14.2 Å². The minimum absolute atomic E-state index is 0.495. The van der Waals surface area contributed by atoms with E-state index in [0.29, 0.717) is 26.4 Å². The van der Waals surface area contributed by atoms with Gasteiger partial charge in [0.25, 0.3) is 0 Å². The Hall–Kier alpha value is -3.96. The predicted octanol–water partition coefficient (Wildman–Crippen LogP) is 7.88. The Morgan fingerprint density at radius 2 is 0.780 bits per heavy atom. The molecule has 4 aromatic rings. The van der Waals surface area contributed by atoms with Crippen LogP contribution in [0.15, 0.2) is 84.9 Å². The van der Waals surface area contributed by atoms with Gasteiger partial charge in [0, 0.05) is 0 Å². The van der Waals surface area contributed by atoms with Crippen molar-refractivity contribution in [1.29, 1.82) is 0 Å². The highest BCUT2D eigenvalue weighted by molar-refractivity contribution is 5.34. The molecule has 0 saturated heterocycles. The molecule has 0 unspecified atom stereocenters. The Morgan fingerprint density at radius 3 is 1.12 bits per heavy atom. The molecular formula is C36H44O5. The van der Waals surface area contributed by atoms with Crippen molar-refractivity contribution in [3.05, 3.63) is 118 Å². The first-order chi connectivity index (χ1) is 19.9. The average Bonchev–Trinajstić information content (AvgIpc) is 3.00. The molecule has 0 N–H and O–H groups in total. The van der Waals surface area contributed by atoms with Gasteiger partial charge in [-0.15, -0.1) is 0 Å². The summed E-state index contributed by atoms with van der Waals surface area (Å²) in [5, 5.41) is 0. The van der Waals surface area contributed by atoms with E-state index < -0.39 is 0 Å². The molecule has 0 amide bonds. The molecule has 5 nitrogen and oxygen atoms in total. The van der Waals surface area contributed by atoms with Crippen LogP contribution in [-0.2, 0) is 17.6 Å². The van der Waals surface area contributed by atoms with E-state index in [9.17, 15) is 0 Å². The second-order valence-electron chi connectivity index (χ2n) is 10.00. The van der Waals surface area contributed by atoms with Gasteiger partial charge in [0.1, 0.15) is 36.2 Å². The molecule has 218 valence electrons. The fourth-order valence-corrected chi connectivity index (χ4v) is 4.09. The molecule has 0 heterocycles. The van der Waals surface area contributed by atoms with Crippen LogP contribution >= 0.6 is 0 Å². The van der Waals surface area contributed by atoms with Crippen LogP contribution in [0.1, 0.15) is 33.4 Å². The number of hydrogen-bond acceptors (Lipinski definition) is 5. The first-order valence-corrected chi connectivity index (χ1v) is 14.1. The van der Waals surface area contributed by atoms with Crippen LogP contribution in [-0.4, -0.2) is 40.6 Å². The van der Waals surface area contributed by atoms with Crippen molar-refractivity contribution in [3.63, 3.8) is 0 Å².